The number of carbonyl (C=O) groups is 1. The van der Waals surface area contributed by atoms with Gasteiger partial charge in [-0.25, -0.2) is 13.2 Å². The molecule has 0 atom stereocenters. The number of rotatable bonds is 6. The van der Waals surface area contributed by atoms with Crippen LogP contribution in [-0.4, -0.2) is 26.5 Å². The third-order valence-corrected chi connectivity index (χ3v) is 5.97. The van der Waals surface area contributed by atoms with Crippen LogP contribution in [0.4, 0.5) is 5.69 Å². The largest absolute Gasteiger partial charge is 0.465 e. The van der Waals surface area contributed by atoms with Crippen molar-refractivity contribution in [3.8, 4) is 17.2 Å². The number of methoxy groups -OCH3 is 1. The van der Waals surface area contributed by atoms with Crippen LogP contribution in [0.15, 0.2) is 65.8 Å². The number of hydrogen-bond donors (Lipinski definition) is 1. The van der Waals surface area contributed by atoms with Gasteiger partial charge >= 0.3 is 5.97 Å². The van der Waals surface area contributed by atoms with Gasteiger partial charge in [0.2, 0.25) is 0 Å². The highest BCUT2D eigenvalue weighted by Gasteiger charge is 2.22. The fourth-order valence-corrected chi connectivity index (χ4v) is 4.42. The Kier molecular flexibility index (Phi) is 6.14. The van der Waals surface area contributed by atoms with Crippen molar-refractivity contribution >= 4 is 21.7 Å². The second-order valence-corrected chi connectivity index (χ2v) is 8.04. The summed E-state index contributed by atoms with van der Waals surface area (Å²) in [4.78, 5) is 15.9. The van der Waals surface area contributed by atoms with Gasteiger partial charge in [0.15, 0.2) is 0 Å². The lowest BCUT2D eigenvalue weighted by atomic mass is 10.0. The molecule has 0 saturated carbocycles. The molecule has 0 bridgehead atoms. The Morgan fingerprint density at radius 2 is 2.00 bits per heavy atom. The number of anilines is 1. The monoisotopic (exact) mass is 421 g/mol. The average Bonchev–Trinajstić information content (AvgIpc) is 2.78. The number of aryl methyl sites for hydroxylation is 1. The first-order valence-corrected chi connectivity index (χ1v) is 10.6. The minimum Gasteiger partial charge on any atom is -0.465 e. The first-order valence-electron chi connectivity index (χ1n) is 9.08. The van der Waals surface area contributed by atoms with Crippen molar-refractivity contribution in [3.05, 3.63) is 77.6 Å². The Balaban J connectivity index is 2.12. The Labute approximate surface area is 175 Å². The normalized spacial score (nSPS) is 10.8. The van der Waals surface area contributed by atoms with E-state index in [1.165, 1.54) is 25.3 Å². The van der Waals surface area contributed by atoms with Crippen LogP contribution >= 0.6 is 0 Å². The molecular formula is C22H19N3O4S. The van der Waals surface area contributed by atoms with Gasteiger partial charge in [0.25, 0.3) is 10.0 Å². The highest BCUT2D eigenvalue weighted by Crippen LogP contribution is 2.31. The fourth-order valence-electron chi connectivity index (χ4n) is 3.01. The molecule has 8 heteroatoms. The molecule has 0 fully saturated rings. The maximum atomic E-state index is 13.3. The van der Waals surface area contributed by atoms with Crippen molar-refractivity contribution in [2.24, 2.45) is 0 Å². The number of ether oxygens (including phenoxy) is 1. The third-order valence-electron chi connectivity index (χ3n) is 4.52. The number of nitrogens with zero attached hydrogens (tertiary/aromatic N) is 2. The first kappa shape index (κ1) is 21.0. The van der Waals surface area contributed by atoms with E-state index in [1.807, 2.05) is 13.0 Å². The van der Waals surface area contributed by atoms with Gasteiger partial charge in [0, 0.05) is 23.5 Å². The molecular weight excluding hydrogens is 402 g/mol. The van der Waals surface area contributed by atoms with E-state index >= 15 is 0 Å². The van der Waals surface area contributed by atoms with Crippen LogP contribution in [0.25, 0.3) is 11.1 Å². The van der Waals surface area contributed by atoms with Crippen LogP contribution in [0.2, 0.25) is 0 Å². The molecule has 0 amide bonds. The van der Waals surface area contributed by atoms with E-state index in [0.717, 1.165) is 0 Å². The zero-order chi connectivity index (χ0) is 21.7. The van der Waals surface area contributed by atoms with Gasteiger partial charge in [-0.15, -0.1) is 0 Å². The quantitative estimate of drug-likeness (QED) is 0.607. The van der Waals surface area contributed by atoms with Gasteiger partial charge in [0.1, 0.15) is 0 Å². The molecule has 3 rings (SSSR count). The summed E-state index contributed by atoms with van der Waals surface area (Å²) in [7, 11) is -2.83. The molecule has 0 aliphatic carbocycles. The maximum absolute atomic E-state index is 13.3. The van der Waals surface area contributed by atoms with E-state index in [1.54, 1.807) is 42.7 Å². The number of benzene rings is 2. The summed E-state index contributed by atoms with van der Waals surface area (Å²) in [5.41, 5.74) is 2.50. The van der Waals surface area contributed by atoms with E-state index in [9.17, 15) is 18.5 Å². The summed E-state index contributed by atoms with van der Waals surface area (Å²) in [5.74, 6) is -0.628. The molecule has 1 N–H and O–H groups in total. The van der Waals surface area contributed by atoms with Crippen LogP contribution in [0.3, 0.4) is 0 Å². The number of hydrogen-bond acceptors (Lipinski definition) is 6. The summed E-state index contributed by atoms with van der Waals surface area (Å²) < 4.78 is 33.8. The number of nitriles is 1. The second kappa shape index (κ2) is 8.76. The molecule has 0 spiro atoms. The van der Waals surface area contributed by atoms with Crippen LogP contribution in [0.5, 0.6) is 0 Å². The smallest absolute Gasteiger partial charge is 0.337 e. The summed E-state index contributed by atoms with van der Waals surface area (Å²) in [6.45, 7) is 1.82. The zero-order valence-corrected chi connectivity index (χ0v) is 17.2. The standard InChI is InChI=1S/C22H19N3O4S/c1-3-16-7-8-17(22(26)29-2)12-21(16)30(27,28)25-20-11-15(13-23)6-9-19(20)18-5-4-10-24-14-18/h4-12,14,25H,3H2,1-2H3. The van der Waals surface area contributed by atoms with Crippen LogP contribution in [0.1, 0.15) is 28.4 Å². The minimum atomic E-state index is -4.06. The highest BCUT2D eigenvalue weighted by atomic mass is 32.2. The van der Waals surface area contributed by atoms with Gasteiger partial charge < -0.3 is 4.74 Å². The Morgan fingerprint density at radius 1 is 1.20 bits per heavy atom. The van der Waals surface area contributed by atoms with Crippen LogP contribution in [0, 0.1) is 11.3 Å². The van der Waals surface area contributed by atoms with Gasteiger partial charge in [-0.2, -0.15) is 5.26 Å². The molecule has 152 valence electrons. The first-order chi connectivity index (χ1) is 14.4. The lowest BCUT2D eigenvalue weighted by Gasteiger charge is -2.16. The molecule has 0 aliphatic heterocycles. The predicted molar refractivity (Wildman–Crippen MR) is 112 cm³/mol. The lowest BCUT2D eigenvalue weighted by Crippen LogP contribution is -2.17. The number of carbonyl (C=O) groups excluding carboxylic acids is 1. The summed E-state index contributed by atoms with van der Waals surface area (Å²) >= 11 is 0. The van der Waals surface area contributed by atoms with E-state index in [-0.39, 0.29) is 16.1 Å². The molecule has 0 saturated heterocycles. The van der Waals surface area contributed by atoms with Crippen molar-refractivity contribution in [1.82, 2.24) is 4.98 Å². The number of esters is 1. The zero-order valence-electron chi connectivity index (χ0n) is 16.4. The fraction of sp³-hybridized carbons (Fsp3) is 0.136. The Bertz CT molecular complexity index is 1230. The molecule has 3 aromatic rings. The van der Waals surface area contributed by atoms with E-state index < -0.39 is 16.0 Å². The van der Waals surface area contributed by atoms with Crippen molar-refractivity contribution in [3.63, 3.8) is 0 Å². The molecule has 2 aromatic carbocycles. The molecule has 0 unspecified atom stereocenters. The van der Waals surface area contributed by atoms with Gasteiger partial charge in [-0.05, 0) is 42.3 Å². The van der Waals surface area contributed by atoms with Gasteiger partial charge in [0.05, 0.1) is 34.9 Å². The second-order valence-electron chi connectivity index (χ2n) is 6.39. The molecule has 0 radical (unpaired) electrons. The van der Waals surface area contributed by atoms with Crippen molar-refractivity contribution in [2.45, 2.75) is 18.2 Å². The van der Waals surface area contributed by atoms with Crippen molar-refractivity contribution in [2.75, 3.05) is 11.8 Å². The SMILES string of the molecule is CCc1ccc(C(=O)OC)cc1S(=O)(=O)Nc1cc(C#N)ccc1-c1cccnc1. The van der Waals surface area contributed by atoms with E-state index in [0.29, 0.717) is 28.7 Å². The summed E-state index contributed by atoms with van der Waals surface area (Å²) in [6, 6.07) is 14.7. The molecule has 1 heterocycles. The number of pyridine rings is 1. The predicted octanol–water partition coefficient (Wildman–Crippen LogP) is 3.77. The van der Waals surface area contributed by atoms with Crippen molar-refractivity contribution < 1.29 is 17.9 Å². The molecule has 7 nitrogen and oxygen atoms in total. The third kappa shape index (κ3) is 4.31. The van der Waals surface area contributed by atoms with E-state index in [2.05, 4.69) is 9.71 Å². The molecule has 1 aromatic heterocycles. The van der Waals surface area contributed by atoms with Gasteiger partial charge in [-0.3, -0.25) is 9.71 Å². The molecule has 30 heavy (non-hydrogen) atoms. The van der Waals surface area contributed by atoms with Crippen molar-refractivity contribution in [1.29, 1.82) is 5.26 Å². The lowest BCUT2D eigenvalue weighted by molar-refractivity contribution is 0.0600. The molecule has 0 aliphatic rings. The maximum Gasteiger partial charge on any atom is 0.337 e. The van der Waals surface area contributed by atoms with E-state index in [4.69, 9.17) is 4.74 Å². The number of aromatic nitrogens is 1. The summed E-state index contributed by atoms with van der Waals surface area (Å²) in [6.07, 6.45) is 3.67. The minimum absolute atomic E-state index is 0.0209. The topological polar surface area (TPSA) is 109 Å². The average molecular weight is 421 g/mol. The summed E-state index contributed by atoms with van der Waals surface area (Å²) in [5, 5.41) is 9.25. The van der Waals surface area contributed by atoms with Crippen LogP contribution < -0.4 is 4.72 Å². The number of nitrogens with one attached hydrogen (secondary N) is 1. The Morgan fingerprint density at radius 3 is 2.63 bits per heavy atom. The van der Waals surface area contributed by atoms with Crippen LogP contribution in [-0.2, 0) is 21.2 Å². The van der Waals surface area contributed by atoms with Gasteiger partial charge in [-0.1, -0.05) is 25.1 Å². The Hall–Kier alpha value is -3.70. The highest BCUT2D eigenvalue weighted by molar-refractivity contribution is 7.92. The number of sulfonamides is 1.